The highest BCUT2D eigenvalue weighted by Crippen LogP contribution is 2.21. The quantitative estimate of drug-likeness (QED) is 0.588. The Labute approximate surface area is 129 Å². The Morgan fingerprint density at radius 1 is 1.19 bits per heavy atom. The van der Waals surface area contributed by atoms with Crippen LogP contribution >= 0.6 is 11.6 Å². The summed E-state index contributed by atoms with van der Waals surface area (Å²) in [7, 11) is 0. The smallest absolute Gasteiger partial charge is 0.135 e. The minimum atomic E-state index is -0.326. The van der Waals surface area contributed by atoms with Crippen molar-refractivity contribution < 1.29 is 9.13 Å². The number of ether oxygens (including phenoxy) is 1. The molecule has 108 valence electrons. The van der Waals surface area contributed by atoms with Gasteiger partial charge in [-0.2, -0.15) is 0 Å². The SMILES string of the molecule is Cc1ccccc1COc1ccc(F)cc1C#CCCCl. The van der Waals surface area contributed by atoms with Gasteiger partial charge in [0.15, 0.2) is 0 Å². The van der Waals surface area contributed by atoms with Crippen LogP contribution in [0.3, 0.4) is 0 Å². The van der Waals surface area contributed by atoms with Gasteiger partial charge in [-0.25, -0.2) is 4.39 Å². The highest BCUT2D eigenvalue weighted by Gasteiger charge is 2.05. The van der Waals surface area contributed by atoms with Gasteiger partial charge >= 0.3 is 0 Å². The number of hydrogen-bond donors (Lipinski definition) is 0. The second kappa shape index (κ2) is 7.71. The summed E-state index contributed by atoms with van der Waals surface area (Å²) in [4.78, 5) is 0. The van der Waals surface area contributed by atoms with Crippen LogP contribution in [0.4, 0.5) is 4.39 Å². The first-order valence-corrected chi connectivity index (χ1v) is 7.26. The summed E-state index contributed by atoms with van der Waals surface area (Å²) in [6.45, 7) is 2.47. The third kappa shape index (κ3) is 4.51. The molecule has 2 aromatic carbocycles. The first-order valence-electron chi connectivity index (χ1n) is 6.72. The summed E-state index contributed by atoms with van der Waals surface area (Å²) >= 11 is 5.59. The molecule has 0 aliphatic carbocycles. The molecule has 0 spiro atoms. The molecule has 0 bridgehead atoms. The van der Waals surface area contributed by atoms with Crippen molar-refractivity contribution in [1.29, 1.82) is 0 Å². The molecule has 0 atom stereocenters. The molecule has 0 saturated carbocycles. The number of alkyl halides is 1. The van der Waals surface area contributed by atoms with Gasteiger partial charge in [0.25, 0.3) is 0 Å². The van der Waals surface area contributed by atoms with E-state index in [0.717, 1.165) is 11.1 Å². The highest BCUT2D eigenvalue weighted by molar-refractivity contribution is 6.18. The Morgan fingerprint density at radius 2 is 2.00 bits per heavy atom. The van der Waals surface area contributed by atoms with Crippen molar-refractivity contribution in [1.82, 2.24) is 0 Å². The summed E-state index contributed by atoms with van der Waals surface area (Å²) < 4.78 is 19.1. The third-order valence-corrected chi connectivity index (χ3v) is 3.22. The van der Waals surface area contributed by atoms with Crippen molar-refractivity contribution in [2.45, 2.75) is 20.0 Å². The van der Waals surface area contributed by atoms with E-state index in [9.17, 15) is 4.39 Å². The Balaban J connectivity index is 2.16. The predicted octanol–water partition coefficient (Wildman–Crippen LogP) is 4.69. The number of aryl methyl sites for hydroxylation is 1. The minimum absolute atomic E-state index is 0.326. The maximum atomic E-state index is 13.3. The number of benzene rings is 2. The number of hydrogen-bond acceptors (Lipinski definition) is 1. The molecular formula is C18H16ClFO. The molecule has 0 heterocycles. The van der Waals surface area contributed by atoms with Gasteiger partial charge in [-0.1, -0.05) is 36.1 Å². The molecule has 0 saturated heterocycles. The van der Waals surface area contributed by atoms with Crippen LogP contribution < -0.4 is 4.74 Å². The van der Waals surface area contributed by atoms with Crippen molar-refractivity contribution >= 4 is 11.6 Å². The van der Waals surface area contributed by atoms with Crippen molar-refractivity contribution in [3.8, 4) is 17.6 Å². The average molecular weight is 303 g/mol. The van der Waals surface area contributed by atoms with Crippen LogP contribution in [0.1, 0.15) is 23.1 Å². The van der Waals surface area contributed by atoms with Gasteiger partial charge in [0, 0.05) is 12.3 Å². The summed E-state index contributed by atoms with van der Waals surface area (Å²) in [5.74, 6) is 6.53. The van der Waals surface area contributed by atoms with E-state index < -0.39 is 0 Å². The molecule has 2 aromatic rings. The maximum Gasteiger partial charge on any atom is 0.135 e. The second-order valence-electron chi connectivity index (χ2n) is 4.60. The lowest BCUT2D eigenvalue weighted by atomic mass is 10.1. The van der Waals surface area contributed by atoms with Crippen LogP contribution in [0.5, 0.6) is 5.75 Å². The summed E-state index contributed by atoms with van der Waals surface area (Å²) in [5.41, 5.74) is 2.81. The van der Waals surface area contributed by atoms with Crippen molar-refractivity contribution in [3.05, 3.63) is 65.0 Å². The third-order valence-electron chi connectivity index (χ3n) is 3.03. The van der Waals surface area contributed by atoms with Crippen LogP contribution in [-0.4, -0.2) is 5.88 Å². The number of halogens is 2. The van der Waals surface area contributed by atoms with Gasteiger partial charge < -0.3 is 4.74 Å². The lowest BCUT2D eigenvalue weighted by Crippen LogP contribution is -1.99. The average Bonchev–Trinajstić information content (AvgIpc) is 2.48. The lowest BCUT2D eigenvalue weighted by molar-refractivity contribution is 0.304. The fourth-order valence-electron chi connectivity index (χ4n) is 1.86. The van der Waals surface area contributed by atoms with E-state index >= 15 is 0 Å². The molecule has 0 N–H and O–H groups in total. The molecule has 0 amide bonds. The van der Waals surface area contributed by atoms with E-state index in [2.05, 4.69) is 11.8 Å². The minimum Gasteiger partial charge on any atom is -0.488 e. The molecule has 1 nitrogen and oxygen atoms in total. The number of rotatable bonds is 4. The normalized spacial score (nSPS) is 9.86. The molecule has 0 aromatic heterocycles. The van der Waals surface area contributed by atoms with E-state index in [4.69, 9.17) is 16.3 Å². The zero-order valence-electron chi connectivity index (χ0n) is 11.8. The Kier molecular flexibility index (Phi) is 5.66. The van der Waals surface area contributed by atoms with Crippen molar-refractivity contribution in [3.63, 3.8) is 0 Å². The van der Waals surface area contributed by atoms with Gasteiger partial charge in [0.1, 0.15) is 18.2 Å². The fourth-order valence-corrected chi connectivity index (χ4v) is 1.95. The highest BCUT2D eigenvalue weighted by atomic mass is 35.5. The Hall–Kier alpha value is -1.98. The summed E-state index contributed by atoms with van der Waals surface area (Å²) in [5, 5.41) is 0. The monoisotopic (exact) mass is 302 g/mol. The zero-order valence-corrected chi connectivity index (χ0v) is 12.6. The van der Waals surface area contributed by atoms with Gasteiger partial charge in [0.05, 0.1) is 5.56 Å². The molecule has 0 radical (unpaired) electrons. The van der Waals surface area contributed by atoms with E-state index in [1.54, 1.807) is 6.07 Å². The topological polar surface area (TPSA) is 9.23 Å². The van der Waals surface area contributed by atoms with Gasteiger partial charge in [-0.15, -0.1) is 11.6 Å². The molecule has 0 unspecified atom stereocenters. The zero-order chi connectivity index (χ0) is 15.1. The van der Waals surface area contributed by atoms with Crippen molar-refractivity contribution in [2.75, 3.05) is 5.88 Å². The van der Waals surface area contributed by atoms with Crippen LogP contribution in [0.25, 0.3) is 0 Å². The molecule has 0 fully saturated rings. The molecule has 3 heteroatoms. The lowest BCUT2D eigenvalue weighted by Gasteiger charge is -2.10. The second-order valence-corrected chi connectivity index (χ2v) is 4.97. The first kappa shape index (κ1) is 15.4. The van der Waals surface area contributed by atoms with Crippen LogP contribution in [0.2, 0.25) is 0 Å². The van der Waals surface area contributed by atoms with E-state index in [0.29, 0.717) is 30.2 Å². The standard InChI is InChI=1S/C18H16ClFO/c1-14-6-2-3-8-16(14)13-21-18-10-9-17(20)12-15(18)7-4-5-11-19/h2-3,6,8-10,12H,5,11,13H2,1H3. The van der Waals surface area contributed by atoms with Gasteiger partial charge in [0.2, 0.25) is 0 Å². The van der Waals surface area contributed by atoms with Crippen LogP contribution in [-0.2, 0) is 6.61 Å². The molecule has 2 rings (SSSR count). The van der Waals surface area contributed by atoms with Crippen LogP contribution in [0.15, 0.2) is 42.5 Å². The van der Waals surface area contributed by atoms with Crippen molar-refractivity contribution in [2.24, 2.45) is 0 Å². The molecule has 21 heavy (non-hydrogen) atoms. The van der Waals surface area contributed by atoms with Crippen LogP contribution in [0, 0.1) is 24.6 Å². The molecule has 0 aliphatic heterocycles. The van der Waals surface area contributed by atoms with Gasteiger partial charge in [-0.3, -0.25) is 0 Å². The van der Waals surface area contributed by atoms with Gasteiger partial charge in [-0.05, 0) is 36.2 Å². The Morgan fingerprint density at radius 3 is 2.76 bits per heavy atom. The fraction of sp³-hybridized carbons (Fsp3) is 0.222. The molecule has 0 aliphatic rings. The van der Waals surface area contributed by atoms with E-state index in [1.807, 2.05) is 31.2 Å². The summed E-state index contributed by atoms with van der Waals surface area (Å²) in [6, 6.07) is 12.4. The maximum absolute atomic E-state index is 13.3. The Bertz CT molecular complexity index is 670. The summed E-state index contributed by atoms with van der Waals surface area (Å²) in [6.07, 6.45) is 0.565. The largest absolute Gasteiger partial charge is 0.488 e. The van der Waals surface area contributed by atoms with E-state index in [-0.39, 0.29) is 5.82 Å². The predicted molar refractivity (Wildman–Crippen MR) is 84.1 cm³/mol. The molecular weight excluding hydrogens is 287 g/mol. The van der Waals surface area contributed by atoms with E-state index in [1.165, 1.54) is 12.1 Å². The first-order chi connectivity index (χ1) is 10.2.